The molecule has 0 aromatic carbocycles. The Morgan fingerprint density at radius 3 is 2.58 bits per heavy atom. The summed E-state index contributed by atoms with van der Waals surface area (Å²) in [6.45, 7) is 5.95. The van der Waals surface area contributed by atoms with Crippen LogP contribution in [0.5, 0.6) is 0 Å². The van der Waals surface area contributed by atoms with Crippen LogP contribution in [0.25, 0.3) is 0 Å². The Morgan fingerprint density at radius 2 is 2.25 bits per heavy atom. The van der Waals surface area contributed by atoms with Gasteiger partial charge in [-0.05, 0) is 20.3 Å². The minimum Gasteiger partial charge on any atom is -0.430 e. The van der Waals surface area contributed by atoms with Crippen molar-refractivity contribution in [1.29, 1.82) is 0 Å². The Balaban J connectivity index is 4.05. The standard InChI is InChI=1S/C9H15NO2/c1-5-9(4,6-2)12-8(11)10-7-3/h1H,6-7H2,2-4H3,(H,10,11). The molecule has 0 aromatic heterocycles. The minimum atomic E-state index is -0.779. The van der Waals surface area contributed by atoms with Crippen molar-refractivity contribution in [2.45, 2.75) is 32.8 Å². The fourth-order valence-electron chi connectivity index (χ4n) is 0.589. The smallest absolute Gasteiger partial charge is 0.408 e. The van der Waals surface area contributed by atoms with Crippen LogP contribution in [0.2, 0.25) is 0 Å². The van der Waals surface area contributed by atoms with E-state index in [2.05, 4.69) is 11.2 Å². The molecule has 1 unspecified atom stereocenters. The van der Waals surface area contributed by atoms with Crippen LogP contribution in [0.3, 0.4) is 0 Å². The minimum absolute atomic E-state index is 0.459. The number of hydrogen-bond acceptors (Lipinski definition) is 2. The molecule has 0 saturated carbocycles. The summed E-state index contributed by atoms with van der Waals surface area (Å²) < 4.78 is 4.99. The molecule has 1 amide bonds. The first kappa shape index (κ1) is 10.8. The fraction of sp³-hybridized carbons (Fsp3) is 0.667. The van der Waals surface area contributed by atoms with E-state index >= 15 is 0 Å². The molecule has 0 aliphatic carbocycles. The molecule has 0 fully saturated rings. The van der Waals surface area contributed by atoms with Crippen molar-refractivity contribution < 1.29 is 9.53 Å². The summed E-state index contributed by atoms with van der Waals surface area (Å²) in [5, 5.41) is 2.51. The molecule has 0 bridgehead atoms. The van der Waals surface area contributed by atoms with E-state index in [0.29, 0.717) is 13.0 Å². The zero-order valence-electron chi connectivity index (χ0n) is 7.81. The number of ether oxygens (including phenoxy) is 1. The molecule has 0 aromatic rings. The van der Waals surface area contributed by atoms with Gasteiger partial charge in [-0.3, -0.25) is 0 Å². The monoisotopic (exact) mass is 169 g/mol. The summed E-state index contributed by atoms with van der Waals surface area (Å²) >= 11 is 0. The van der Waals surface area contributed by atoms with Crippen LogP contribution in [0.15, 0.2) is 0 Å². The molecule has 68 valence electrons. The lowest BCUT2D eigenvalue weighted by Gasteiger charge is -2.21. The third-order valence-corrected chi connectivity index (χ3v) is 1.62. The van der Waals surface area contributed by atoms with Crippen molar-refractivity contribution in [2.75, 3.05) is 6.54 Å². The third kappa shape index (κ3) is 3.29. The SMILES string of the molecule is C#CC(C)(CC)OC(=O)NCC. The average Bonchev–Trinajstić information content (AvgIpc) is 2.05. The van der Waals surface area contributed by atoms with Crippen LogP contribution in [0, 0.1) is 12.3 Å². The van der Waals surface area contributed by atoms with Crippen LogP contribution in [-0.4, -0.2) is 18.2 Å². The molecule has 0 aliphatic rings. The highest BCUT2D eigenvalue weighted by Gasteiger charge is 2.23. The maximum Gasteiger partial charge on any atom is 0.408 e. The maximum absolute atomic E-state index is 10.9. The Hall–Kier alpha value is -1.17. The predicted molar refractivity (Wildman–Crippen MR) is 47.7 cm³/mol. The van der Waals surface area contributed by atoms with Crippen molar-refractivity contribution in [3.8, 4) is 12.3 Å². The Bertz CT molecular complexity index is 195. The van der Waals surface area contributed by atoms with Crippen LogP contribution in [-0.2, 0) is 4.74 Å². The van der Waals surface area contributed by atoms with Gasteiger partial charge in [0.05, 0.1) is 0 Å². The highest BCUT2D eigenvalue weighted by Crippen LogP contribution is 2.13. The highest BCUT2D eigenvalue weighted by atomic mass is 16.6. The van der Waals surface area contributed by atoms with Crippen molar-refractivity contribution in [2.24, 2.45) is 0 Å². The van der Waals surface area contributed by atoms with Gasteiger partial charge in [0.15, 0.2) is 5.60 Å². The second-order valence-electron chi connectivity index (χ2n) is 2.65. The predicted octanol–water partition coefficient (Wildman–Crippen LogP) is 1.53. The number of alkyl carbamates (subject to hydrolysis) is 1. The summed E-state index contributed by atoms with van der Waals surface area (Å²) in [7, 11) is 0. The van der Waals surface area contributed by atoms with Gasteiger partial charge in [-0.1, -0.05) is 12.8 Å². The summed E-state index contributed by atoms with van der Waals surface area (Å²) in [5.74, 6) is 2.43. The van der Waals surface area contributed by atoms with Crippen LogP contribution in [0.1, 0.15) is 27.2 Å². The molecule has 12 heavy (non-hydrogen) atoms. The second-order valence-corrected chi connectivity index (χ2v) is 2.65. The largest absolute Gasteiger partial charge is 0.430 e. The normalized spacial score (nSPS) is 14.2. The van der Waals surface area contributed by atoms with E-state index < -0.39 is 11.7 Å². The molecule has 0 radical (unpaired) electrons. The number of nitrogens with one attached hydrogen (secondary N) is 1. The number of terminal acetylenes is 1. The van der Waals surface area contributed by atoms with Gasteiger partial charge in [0, 0.05) is 6.54 Å². The van der Waals surface area contributed by atoms with Gasteiger partial charge in [-0.25, -0.2) is 4.79 Å². The van der Waals surface area contributed by atoms with E-state index in [0.717, 1.165) is 0 Å². The zero-order chi connectivity index (χ0) is 9.61. The molecule has 3 heteroatoms. The van der Waals surface area contributed by atoms with Gasteiger partial charge in [0.1, 0.15) is 0 Å². The van der Waals surface area contributed by atoms with E-state index in [1.807, 2.05) is 13.8 Å². The number of amides is 1. The number of rotatable bonds is 3. The highest BCUT2D eigenvalue weighted by molar-refractivity contribution is 5.68. The Kier molecular flexibility index (Phi) is 4.20. The average molecular weight is 169 g/mol. The number of hydrogen-bond donors (Lipinski definition) is 1. The number of carbonyl (C=O) groups is 1. The van der Waals surface area contributed by atoms with Gasteiger partial charge in [-0.2, -0.15) is 0 Å². The van der Waals surface area contributed by atoms with Gasteiger partial charge >= 0.3 is 6.09 Å². The van der Waals surface area contributed by atoms with Crippen molar-refractivity contribution in [3.05, 3.63) is 0 Å². The van der Waals surface area contributed by atoms with E-state index in [1.54, 1.807) is 6.92 Å². The molecule has 0 aliphatic heterocycles. The van der Waals surface area contributed by atoms with Crippen LogP contribution in [0.4, 0.5) is 4.79 Å². The fourth-order valence-corrected chi connectivity index (χ4v) is 0.589. The quantitative estimate of drug-likeness (QED) is 0.651. The molecule has 1 atom stereocenters. The first-order valence-electron chi connectivity index (χ1n) is 4.02. The van der Waals surface area contributed by atoms with Crippen molar-refractivity contribution >= 4 is 6.09 Å². The topological polar surface area (TPSA) is 38.3 Å². The summed E-state index contributed by atoms with van der Waals surface area (Å²) in [6, 6.07) is 0. The van der Waals surface area contributed by atoms with Gasteiger partial charge in [-0.15, -0.1) is 6.42 Å². The van der Waals surface area contributed by atoms with Gasteiger partial charge in [0.25, 0.3) is 0 Å². The summed E-state index contributed by atoms with van der Waals surface area (Å²) in [6.07, 6.45) is 5.36. The van der Waals surface area contributed by atoms with Crippen LogP contribution >= 0.6 is 0 Å². The van der Waals surface area contributed by atoms with E-state index in [1.165, 1.54) is 0 Å². The van der Waals surface area contributed by atoms with E-state index in [9.17, 15) is 4.79 Å². The molecular formula is C9H15NO2. The van der Waals surface area contributed by atoms with Crippen molar-refractivity contribution in [3.63, 3.8) is 0 Å². The molecule has 0 spiro atoms. The van der Waals surface area contributed by atoms with E-state index in [-0.39, 0.29) is 0 Å². The molecule has 1 N–H and O–H groups in total. The van der Waals surface area contributed by atoms with Gasteiger partial charge in [0.2, 0.25) is 0 Å². The molecular weight excluding hydrogens is 154 g/mol. The third-order valence-electron chi connectivity index (χ3n) is 1.62. The number of carbonyl (C=O) groups excluding carboxylic acids is 1. The van der Waals surface area contributed by atoms with Crippen LogP contribution < -0.4 is 5.32 Å². The lowest BCUT2D eigenvalue weighted by Crippen LogP contribution is -2.35. The van der Waals surface area contributed by atoms with E-state index in [4.69, 9.17) is 11.2 Å². The first-order chi connectivity index (χ1) is 5.58. The zero-order valence-corrected chi connectivity index (χ0v) is 7.81. The van der Waals surface area contributed by atoms with Crippen molar-refractivity contribution in [1.82, 2.24) is 5.32 Å². The molecule has 0 heterocycles. The second kappa shape index (κ2) is 4.66. The van der Waals surface area contributed by atoms with Gasteiger partial charge < -0.3 is 10.1 Å². The molecule has 0 rings (SSSR count). The lowest BCUT2D eigenvalue weighted by atomic mass is 10.1. The molecule has 3 nitrogen and oxygen atoms in total. The Morgan fingerprint density at radius 1 is 1.67 bits per heavy atom. The maximum atomic E-state index is 10.9. The first-order valence-corrected chi connectivity index (χ1v) is 4.02. The molecule has 0 saturated heterocycles. The lowest BCUT2D eigenvalue weighted by molar-refractivity contribution is 0.0641. The summed E-state index contributed by atoms with van der Waals surface area (Å²) in [5.41, 5.74) is -0.779. The summed E-state index contributed by atoms with van der Waals surface area (Å²) in [4.78, 5) is 10.9. The Labute approximate surface area is 73.5 Å².